The molecule has 1 unspecified atom stereocenters. The van der Waals surface area contributed by atoms with Gasteiger partial charge in [0.1, 0.15) is 0 Å². The average Bonchev–Trinajstić information content (AvgIpc) is 2.39. The lowest BCUT2D eigenvalue weighted by Crippen LogP contribution is -2.39. The molecule has 1 aliphatic rings. The lowest BCUT2D eigenvalue weighted by atomic mass is 10.4. The maximum absolute atomic E-state index is 11.3. The molecule has 1 rings (SSSR count). The van der Waals surface area contributed by atoms with Crippen molar-refractivity contribution in [2.75, 3.05) is 31.1 Å². The van der Waals surface area contributed by atoms with Crippen molar-refractivity contribution in [2.24, 2.45) is 10.7 Å². The fourth-order valence-corrected chi connectivity index (χ4v) is 2.48. The van der Waals surface area contributed by atoms with Gasteiger partial charge in [0.25, 0.3) is 0 Å². The zero-order chi connectivity index (χ0) is 10.4. The molecule has 14 heavy (non-hydrogen) atoms. The molecule has 4 nitrogen and oxygen atoms in total. The topological polar surface area (TPSA) is 58.7 Å². The molecule has 5 heteroatoms. The maximum Gasteiger partial charge on any atom is 0.191 e. The van der Waals surface area contributed by atoms with E-state index in [2.05, 4.69) is 11.9 Å². The van der Waals surface area contributed by atoms with Crippen LogP contribution in [0.4, 0.5) is 0 Å². The highest BCUT2D eigenvalue weighted by Gasteiger charge is 2.14. The minimum atomic E-state index is -0.653. The summed E-state index contributed by atoms with van der Waals surface area (Å²) >= 11 is 0. The Balaban J connectivity index is 2.46. The van der Waals surface area contributed by atoms with E-state index in [1.807, 2.05) is 4.90 Å². The Morgan fingerprint density at radius 1 is 1.50 bits per heavy atom. The minimum absolute atomic E-state index is 0.616. The Kier molecular flexibility index (Phi) is 4.93. The molecular weight excluding hydrogens is 198 g/mol. The number of guanidine groups is 1. The van der Waals surface area contributed by atoms with E-state index in [-0.39, 0.29) is 0 Å². The van der Waals surface area contributed by atoms with Gasteiger partial charge in [0.2, 0.25) is 0 Å². The molecule has 82 valence electrons. The molecule has 1 fully saturated rings. The summed E-state index contributed by atoms with van der Waals surface area (Å²) in [7, 11) is -0.653. The second-order valence-corrected chi connectivity index (χ2v) is 5.12. The van der Waals surface area contributed by atoms with E-state index in [1.54, 1.807) is 0 Å². The highest BCUT2D eigenvalue weighted by molar-refractivity contribution is 7.85. The second-order valence-electron chi connectivity index (χ2n) is 3.43. The van der Waals surface area contributed by atoms with Crippen LogP contribution in [0.5, 0.6) is 0 Å². The average molecular weight is 217 g/mol. The van der Waals surface area contributed by atoms with E-state index in [0.29, 0.717) is 5.96 Å². The van der Waals surface area contributed by atoms with Crippen LogP contribution < -0.4 is 5.73 Å². The Hall–Kier alpha value is -0.580. The van der Waals surface area contributed by atoms with Gasteiger partial charge in [0.15, 0.2) is 5.96 Å². The van der Waals surface area contributed by atoms with Crippen LogP contribution in [0.3, 0.4) is 0 Å². The molecule has 0 radical (unpaired) electrons. The van der Waals surface area contributed by atoms with E-state index < -0.39 is 10.8 Å². The lowest BCUT2D eigenvalue weighted by Gasteiger charge is -2.20. The lowest BCUT2D eigenvalue weighted by molar-refractivity contribution is 0.443. The number of rotatable bonds is 2. The number of hydrogen-bond donors (Lipinski definition) is 1. The van der Waals surface area contributed by atoms with Crippen LogP contribution in [0.1, 0.15) is 19.8 Å². The highest BCUT2D eigenvalue weighted by Crippen LogP contribution is 2.01. The first kappa shape index (κ1) is 11.5. The molecule has 0 aliphatic carbocycles. The van der Waals surface area contributed by atoms with Crippen molar-refractivity contribution < 1.29 is 4.21 Å². The van der Waals surface area contributed by atoms with Crippen LogP contribution in [0, 0.1) is 0 Å². The molecule has 0 aromatic rings. The molecule has 0 spiro atoms. The molecule has 0 aromatic carbocycles. The molecule has 0 aromatic heterocycles. The summed E-state index contributed by atoms with van der Waals surface area (Å²) < 4.78 is 11.3. The Bertz CT molecular complexity index is 230. The Morgan fingerprint density at radius 3 is 3.00 bits per heavy atom. The van der Waals surface area contributed by atoms with Gasteiger partial charge in [-0.1, -0.05) is 6.92 Å². The summed E-state index contributed by atoms with van der Waals surface area (Å²) in [6, 6.07) is 0. The molecule has 1 aliphatic heterocycles. The predicted molar refractivity (Wildman–Crippen MR) is 60.8 cm³/mol. The van der Waals surface area contributed by atoms with Crippen LogP contribution in [-0.4, -0.2) is 46.2 Å². The first-order valence-corrected chi connectivity index (χ1v) is 6.62. The number of nitrogens with two attached hydrogens (primary N) is 1. The van der Waals surface area contributed by atoms with Gasteiger partial charge in [-0.05, 0) is 12.8 Å². The summed E-state index contributed by atoms with van der Waals surface area (Å²) in [6.45, 7) is 4.54. The van der Waals surface area contributed by atoms with E-state index in [9.17, 15) is 4.21 Å². The smallest absolute Gasteiger partial charge is 0.191 e. The monoisotopic (exact) mass is 217 g/mol. The van der Waals surface area contributed by atoms with Crippen molar-refractivity contribution in [3.8, 4) is 0 Å². The van der Waals surface area contributed by atoms with E-state index in [4.69, 9.17) is 5.73 Å². The third-order valence-corrected chi connectivity index (χ3v) is 3.59. The standard InChI is InChI=1S/C9H19N3OS/c1-2-4-11-9(10)12-5-3-7-14(13)8-6-12/h2-8H2,1H3,(H2,10,11). The third kappa shape index (κ3) is 3.65. The fraction of sp³-hybridized carbons (Fsp3) is 0.889. The van der Waals surface area contributed by atoms with Gasteiger partial charge in [-0.2, -0.15) is 0 Å². The summed E-state index contributed by atoms with van der Waals surface area (Å²) in [5.41, 5.74) is 5.83. The normalized spacial score (nSPS) is 24.8. The SMILES string of the molecule is CCCN=C(N)N1CCCS(=O)CC1. The van der Waals surface area contributed by atoms with Crippen LogP contribution in [-0.2, 0) is 10.8 Å². The van der Waals surface area contributed by atoms with Crippen molar-refractivity contribution in [1.82, 2.24) is 4.90 Å². The highest BCUT2D eigenvalue weighted by atomic mass is 32.2. The molecule has 1 heterocycles. The number of aliphatic imine (C=N–C) groups is 1. The van der Waals surface area contributed by atoms with E-state index >= 15 is 0 Å². The Labute approximate surface area is 88.0 Å². The van der Waals surface area contributed by atoms with Gasteiger partial charge < -0.3 is 10.6 Å². The van der Waals surface area contributed by atoms with Gasteiger partial charge >= 0.3 is 0 Å². The van der Waals surface area contributed by atoms with Gasteiger partial charge in [-0.3, -0.25) is 9.20 Å². The Morgan fingerprint density at radius 2 is 2.29 bits per heavy atom. The van der Waals surface area contributed by atoms with Crippen molar-refractivity contribution in [3.63, 3.8) is 0 Å². The molecule has 0 saturated carbocycles. The van der Waals surface area contributed by atoms with E-state index in [0.717, 1.165) is 44.0 Å². The first-order chi connectivity index (χ1) is 6.74. The first-order valence-electron chi connectivity index (χ1n) is 5.14. The van der Waals surface area contributed by atoms with Crippen molar-refractivity contribution in [1.29, 1.82) is 0 Å². The van der Waals surface area contributed by atoms with E-state index in [1.165, 1.54) is 0 Å². The van der Waals surface area contributed by atoms with Gasteiger partial charge in [0, 0.05) is 41.9 Å². The quantitative estimate of drug-likeness (QED) is 0.530. The third-order valence-electron chi connectivity index (χ3n) is 2.21. The summed E-state index contributed by atoms with van der Waals surface area (Å²) in [5.74, 6) is 2.14. The fourth-order valence-electron chi connectivity index (χ4n) is 1.40. The predicted octanol–water partition coefficient (Wildman–Crippen LogP) is 0.165. The van der Waals surface area contributed by atoms with Crippen molar-refractivity contribution in [2.45, 2.75) is 19.8 Å². The molecule has 2 N–H and O–H groups in total. The zero-order valence-corrected chi connectivity index (χ0v) is 9.55. The largest absolute Gasteiger partial charge is 0.370 e. The van der Waals surface area contributed by atoms with Crippen LogP contribution in [0.2, 0.25) is 0 Å². The molecule has 1 atom stereocenters. The van der Waals surface area contributed by atoms with Gasteiger partial charge in [-0.15, -0.1) is 0 Å². The minimum Gasteiger partial charge on any atom is -0.370 e. The number of hydrogen-bond acceptors (Lipinski definition) is 2. The van der Waals surface area contributed by atoms with Crippen LogP contribution in [0.15, 0.2) is 4.99 Å². The second kappa shape index (κ2) is 6.01. The molecule has 0 bridgehead atoms. The maximum atomic E-state index is 11.3. The van der Waals surface area contributed by atoms with Crippen molar-refractivity contribution >= 4 is 16.8 Å². The number of nitrogens with zero attached hydrogens (tertiary/aromatic N) is 2. The van der Waals surface area contributed by atoms with Crippen molar-refractivity contribution in [3.05, 3.63) is 0 Å². The van der Waals surface area contributed by atoms with Crippen LogP contribution >= 0.6 is 0 Å². The van der Waals surface area contributed by atoms with Gasteiger partial charge in [0.05, 0.1) is 0 Å². The molecular formula is C9H19N3OS. The summed E-state index contributed by atoms with van der Waals surface area (Å²) in [5, 5.41) is 0. The zero-order valence-electron chi connectivity index (χ0n) is 8.74. The van der Waals surface area contributed by atoms with Gasteiger partial charge in [-0.25, -0.2) is 0 Å². The summed E-state index contributed by atoms with van der Waals surface area (Å²) in [4.78, 5) is 6.30. The van der Waals surface area contributed by atoms with Crippen LogP contribution in [0.25, 0.3) is 0 Å². The molecule has 1 saturated heterocycles. The summed E-state index contributed by atoms with van der Waals surface area (Å²) in [6.07, 6.45) is 1.97. The molecule has 0 amide bonds.